The first-order valence-corrected chi connectivity index (χ1v) is 8.19. The maximum absolute atomic E-state index is 11.0. The van der Waals surface area contributed by atoms with Gasteiger partial charge in [0.25, 0.3) is 0 Å². The molecule has 26 heavy (non-hydrogen) atoms. The second kappa shape index (κ2) is 9.88. The molecule has 0 fully saturated rings. The predicted molar refractivity (Wildman–Crippen MR) is 102 cm³/mol. The van der Waals surface area contributed by atoms with E-state index in [0.29, 0.717) is 13.2 Å². The van der Waals surface area contributed by atoms with E-state index in [-0.39, 0.29) is 11.8 Å². The van der Waals surface area contributed by atoms with Crippen LogP contribution in [0.25, 0.3) is 0 Å². The van der Waals surface area contributed by atoms with Crippen LogP contribution >= 0.6 is 0 Å². The Morgan fingerprint density at radius 3 is 1.38 bits per heavy atom. The normalized spacial score (nSPS) is 10.4. The Kier molecular flexibility index (Phi) is 7.24. The second-order valence-corrected chi connectivity index (χ2v) is 5.50. The SMILES string of the molecule is CC(=O)Nc1ccc(OC/C=C\COc2ccc(NC(C)=O)cc2)cc1. The van der Waals surface area contributed by atoms with Gasteiger partial charge in [-0.1, -0.05) is 0 Å². The van der Waals surface area contributed by atoms with Gasteiger partial charge in [0.05, 0.1) is 0 Å². The van der Waals surface area contributed by atoms with Crippen LogP contribution in [-0.4, -0.2) is 25.0 Å². The molecular formula is C20H22N2O4. The van der Waals surface area contributed by atoms with Crippen LogP contribution in [0.4, 0.5) is 11.4 Å². The van der Waals surface area contributed by atoms with E-state index < -0.39 is 0 Å². The van der Waals surface area contributed by atoms with Crippen LogP contribution in [0.1, 0.15) is 13.8 Å². The van der Waals surface area contributed by atoms with E-state index in [0.717, 1.165) is 22.9 Å². The summed E-state index contributed by atoms with van der Waals surface area (Å²) in [6.45, 7) is 3.78. The van der Waals surface area contributed by atoms with Crippen molar-refractivity contribution in [2.24, 2.45) is 0 Å². The third-order valence-corrected chi connectivity index (χ3v) is 3.21. The summed E-state index contributed by atoms with van der Waals surface area (Å²) in [4.78, 5) is 21.9. The highest BCUT2D eigenvalue weighted by Crippen LogP contribution is 2.16. The molecule has 2 rings (SSSR count). The maximum atomic E-state index is 11.0. The number of benzene rings is 2. The third-order valence-electron chi connectivity index (χ3n) is 3.21. The number of anilines is 2. The van der Waals surface area contributed by atoms with Crippen molar-refractivity contribution in [2.75, 3.05) is 23.8 Å². The molecule has 2 amide bonds. The Morgan fingerprint density at radius 1 is 0.731 bits per heavy atom. The Morgan fingerprint density at radius 2 is 1.08 bits per heavy atom. The van der Waals surface area contributed by atoms with Crippen LogP contribution in [0, 0.1) is 0 Å². The number of carbonyl (C=O) groups excluding carboxylic acids is 2. The Labute approximate surface area is 152 Å². The third kappa shape index (κ3) is 7.09. The lowest BCUT2D eigenvalue weighted by molar-refractivity contribution is -0.115. The van der Waals surface area contributed by atoms with E-state index in [1.807, 2.05) is 12.2 Å². The molecule has 0 heterocycles. The highest BCUT2D eigenvalue weighted by molar-refractivity contribution is 5.89. The topological polar surface area (TPSA) is 76.7 Å². The number of hydrogen-bond donors (Lipinski definition) is 2. The number of nitrogens with one attached hydrogen (secondary N) is 2. The van der Waals surface area contributed by atoms with Crippen molar-refractivity contribution in [1.82, 2.24) is 0 Å². The Bertz CT molecular complexity index is 687. The second-order valence-electron chi connectivity index (χ2n) is 5.50. The molecule has 0 aliphatic heterocycles. The molecule has 0 saturated heterocycles. The molecule has 6 heteroatoms. The van der Waals surface area contributed by atoms with Crippen molar-refractivity contribution in [2.45, 2.75) is 13.8 Å². The molecule has 0 bridgehead atoms. The minimum absolute atomic E-state index is 0.105. The molecule has 0 aromatic heterocycles. The summed E-state index contributed by atoms with van der Waals surface area (Å²) in [5.74, 6) is 1.23. The van der Waals surface area contributed by atoms with Gasteiger partial charge in [0.2, 0.25) is 11.8 Å². The van der Waals surface area contributed by atoms with Gasteiger partial charge >= 0.3 is 0 Å². The maximum Gasteiger partial charge on any atom is 0.221 e. The minimum Gasteiger partial charge on any atom is -0.490 e. The summed E-state index contributed by atoms with van der Waals surface area (Å²) in [5.41, 5.74) is 1.47. The lowest BCUT2D eigenvalue weighted by Crippen LogP contribution is -2.05. The summed E-state index contributed by atoms with van der Waals surface area (Å²) < 4.78 is 11.2. The summed E-state index contributed by atoms with van der Waals surface area (Å²) in [7, 11) is 0. The zero-order valence-corrected chi connectivity index (χ0v) is 14.8. The van der Waals surface area contributed by atoms with Crippen LogP contribution in [0.5, 0.6) is 11.5 Å². The van der Waals surface area contributed by atoms with Gasteiger partial charge in [-0.3, -0.25) is 9.59 Å². The molecule has 0 spiro atoms. The number of rotatable bonds is 8. The number of carbonyl (C=O) groups is 2. The molecule has 6 nitrogen and oxygen atoms in total. The summed E-state index contributed by atoms with van der Waals surface area (Å²) >= 11 is 0. The highest BCUT2D eigenvalue weighted by atomic mass is 16.5. The van der Waals surface area contributed by atoms with Crippen molar-refractivity contribution < 1.29 is 19.1 Å². The van der Waals surface area contributed by atoms with Gasteiger partial charge < -0.3 is 20.1 Å². The average molecular weight is 354 g/mol. The molecular weight excluding hydrogens is 332 g/mol. The van der Waals surface area contributed by atoms with E-state index in [4.69, 9.17) is 9.47 Å². The molecule has 136 valence electrons. The molecule has 2 aromatic carbocycles. The summed E-state index contributed by atoms with van der Waals surface area (Å²) in [5, 5.41) is 5.40. The van der Waals surface area contributed by atoms with Crippen molar-refractivity contribution >= 4 is 23.2 Å². The molecule has 0 unspecified atom stereocenters. The number of amides is 2. The van der Waals surface area contributed by atoms with Crippen molar-refractivity contribution in [3.05, 3.63) is 60.7 Å². The standard InChI is InChI=1S/C20H22N2O4/c1-15(23)21-17-5-9-19(10-6-17)25-13-3-4-14-26-20-11-7-18(8-12-20)22-16(2)24/h3-12H,13-14H2,1-2H3,(H,21,23)(H,22,24)/b4-3-. The van der Waals surface area contributed by atoms with Gasteiger partial charge in [-0.2, -0.15) is 0 Å². The monoisotopic (exact) mass is 354 g/mol. The molecule has 0 aliphatic rings. The van der Waals surface area contributed by atoms with E-state index >= 15 is 0 Å². The van der Waals surface area contributed by atoms with Crippen molar-refractivity contribution in [1.29, 1.82) is 0 Å². The first-order valence-electron chi connectivity index (χ1n) is 8.19. The van der Waals surface area contributed by atoms with Gasteiger partial charge in [-0.25, -0.2) is 0 Å². The van der Waals surface area contributed by atoms with Gasteiger partial charge in [0, 0.05) is 25.2 Å². The fourth-order valence-corrected chi connectivity index (χ4v) is 2.10. The fourth-order valence-electron chi connectivity index (χ4n) is 2.10. The predicted octanol–water partition coefficient (Wildman–Crippen LogP) is 3.62. The van der Waals surface area contributed by atoms with Crippen LogP contribution < -0.4 is 20.1 Å². The summed E-state index contributed by atoms with van der Waals surface area (Å²) in [6.07, 6.45) is 3.74. The molecule has 0 radical (unpaired) electrons. The number of ether oxygens (including phenoxy) is 2. The minimum atomic E-state index is -0.105. The van der Waals surface area contributed by atoms with Gasteiger partial charge in [-0.05, 0) is 60.7 Å². The summed E-state index contributed by atoms with van der Waals surface area (Å²) in [6, 6.07) is 14.3. The molecule has 0 aliphatic carbocycles. The van der Waals surface area contributed by atoms with E-state index in [2.05, 4.69) is 10.6 Å². The molecule has 0 saturated carbocycles. The first kappa shape index (κ1) is 19.1. The molecule has 0 atom stereocenters. The largest absolute Gasteiger partial charge is 0.490 e. The average Bonchev–Trinajstić information content (AvgIpc) is 2.60. The van der Waals surface area contributed by atoms with E-state index in [1.165, 1.54) is 13.8 Å². The van der Waals surface area contributed by atoms with Crippen LogP contribution in [0.15, 0.2) is 60.7 Å². The zero-order chi connectivity index (χ0) is 18.8. The lowest BCUT2D eigenvalue weighted by atomic mass is 10.3. The van der Waals surface area contributed by atoms with Gasteiger partial charge in [-0.15, -0.1) is 0 Å². The van der Waals surface area contributed by atoms with E-state index in [1.54, 1.807) is 48.5 Å². The lowest BCUT2D eigenvalue weighted by Gasteiger charge is -2.06. The van der Waals surface area contributed by atoms with Crippen LogP contribution in [-0.2, 0) is 9.59 Å². The van der Waals surface area contributed by atoms with Crippen LogP contribution in [0.2, 0.25) is 0 Å². The molecule has 2 N–H and O–H groups in total. The smallest absolute Gasteiger partial charge is 0.221 e. The fraction of sp³-hybridized carbons (Fsp3) is 0.200. The van der Waals surface area contributed by atoms with E-state index in [9.17, 15) is 9.59 Å². The van der Waals surface area contributed by atoms with Crippen molar-refractivity contribution in [3.63, 3.8) is 0 Å². The van der Waals surface area contributed by atoms with Gasteiger partial charge in [0.15, 0.2) is 0 Å². The highest BCUT2D eigenvalue weighted by Gasteiger charge is 1.97. The Hall–Kier alpha value is -3.28. The van der Waals surface area contributed by atoms with Crippen molar-refractivity contribution in [3.8, 4) is 11.5 Å². The first-order chi connectivity index (χ1) is 12.5. The van der Waals surface area contributed by atoms with Crippen LogP contribution in [0.3, 0.4) is 0 Å². The zero-order valence-electron chi connectivity index (χ0n) is 14.8. The molecule has 2 aromatic rings. The Balaban J connectivity index is 1.67. The number of hydrogen-bond acceptors (Lipinski definition) is 4. The van der Waals surface area contributed by atoms with Gasteiger partial charge in [0.1, 0.15) is 24.7 Å². The quantitative estimate of drug-likeness (QED) is 0.710.